The fraction of sp³-hybridized carbons (Fsp3) is 0.500. The summed E-state index contributed by atoms with van der Waals surface area (Å²) < 4.78 is 44.1. The zero-order chi connectivity index (χ0) is 15.6. The Kier molecular flexibility index (Phi) is 4.41. The highest BCUT2D eigenvalue weighted by molar-refractivity contribution is 5.90. The van der Waals surface area contributed by atoms with Crippen LogP contribution >= 0.6 is 0 Å². The Labute approximate surface area is 120 Å². The van der Waals surface area contributed by atoms with Gasteiger partial charge in [-0.3, -0.25) is 0 Å². The van der Waals surface area contributed by atoms with Crippen molar-refractivity contribution in [3.05, 3.63) is 29.3 Å². The van der Waals surface area contributed by atoms with Gasteiger partial charge in [-0.25, -0.2) is 4.79 Å². The highest BCUT2D eigenvalue weighted by Crippen LogP contribution is 2.38. The molecule has 2 N–H and O–H groups in total. The van der Waals surface area contributed by atoms with Gasteiger partial charge in [0.2, 0.25) is 0 Å². The average molecular weight is 302 g/mol. The predicted molar refractivity (Wildman–Crippen MR) is 72.2 cm³/mol. The molecule has 2 rings (SSSR count). The molecule has 0 aromatic heterocycles. The van der Waals surface area contributed by atoms with Gasteiger partial charge in [-0.2, -0.15) is 13.2 Å². The van der Waals surface area contributed by atoms with Crippen molar-refractivity contribution in [1.82, 2.24) is 0 Å². The number of nitrogens with zero attached hydrogens (tertiary/aromatic N) is 1. The second-order valence-electron chi connectivity index (χ2n) is 5.05. The van der Waals surface area contributed by atoms with E-state index in [4.69, 9.17) is 5.73 Å². The van der Waals surface area contributed by atoms with Gasteiger partial charge in [-0.15, -0.1) is 0 Å². The van der Waals surface area contributed by atoms with Crippen LogP contribution in [0.3, 0.4) is 0 Å². The number of benzene rings is 1. The number of hydrogen-bond acceptors (Lipinski definition) is 4. The van der Waals surface area contributed by atoms with Crippen LogP contribution in [0, 0.1) is 0 Å². The van der Waals surface area contributed by atoms with E-state index < -0.39 is 17.7 Å². The number of nitrogens with two attached hydrogens (primary N) is 1. The molecule has 1 fully saturated rings. The Morgan fingerprint density at radius 1 is 1.33 bits per heavy atom. The second-order valence-corrected chi connectivity index (χ2v) is 5.05. The normalized spacial score (nSPS) is 16.9. The third-order valence-electron chi connectivity index (χ3n) is 3.60. The number of rotatable bonds is 2. The largest absolute Gasteiger partial charge is 0.465 e. The number of piperidine rings is 1. The molecule has 0 bridgehead atoms. The van der Waals surface area contributed by atoms with Gasteiger partial charge in [-0.1, -0.05) is 0 Å². The van der Waals surface area contributed by atoms with Gasteiger partial charge in [0, 0.05) is 24.8 Å². The molecule has 1 saturated heterocycles. The maximum absolute atomic E-state index is 13.2. The molecular formula is C14H17F3N2O2. The molecule has 0 amide bonds. The fourth-order valence-corrected chi connectivity index (χ4v) is 2.42. The van der Waals surface area contributed by atoms with Crippen molar-refractivity contribution in [3.63, 3.8) is 0 Å². The SMILES string of the molecule is COC(=O)c1ccc(N2CCC(N)CC2)c(C(F)(F)F)c1. The van der Waals surface area contributed by atoms with E-state index in [0.717, 1.165) is 13.2 Å². The summed E-state index contributed by atoms with van der Waals surface area (Å²) in [4.78, 5) is 13.1. The molecule has 0 spiro atoms. The lowest BCUT2D eigenvalue weighted by atomic mass is 10.0. The van der Waals surface area contributed by atoms with E-state index in [1.54, 1.807) is 4.90 Å². The Morgan fingerprint density at radius 2 is 1.95 bits per heavy atom. The van der Waals surface area contributed by atoms with Gasteiger partial charge < -0.3 is 15.4 Å². The van der Waals surface area contributed by atoms with Gasteiger partial charge in [-0.05, 0) is 31.0 Å². The lowest BCUT2D eigenvalue weighted by Crippen LogP contribution is -2.40. The lowest BCUT2D eigenvalue weighted by Gasteiger charge is -2.33. The molecule has 0 radical (unpaired) electrons. The first-order valence-corrected chi connectivity index (χ1v) is 6.63. The van der Waals surface area contributed by atoms with E-state index in [1.807, 2.05) is 0 Å². The molecule has 0 atom stereocenters. The summed E-state index contributed by atoms with van der Waals surface area (Å²) in [5.41, 5.74) is 4.93. The number of hydrogen-bond donors (Lipinski definition) is 1. The monoisotopic (exact) mass is 302 g/mol. The minimum absolute atomic E-state index is 0.0323. The Bertz CT molecular complexity index is 523. The van der Waals surface area contributed by atoms with Gasteiger partial charge in [0.05, 0.1) is 18.2 Å². The topological polar surface area (TPSA) is 55.6 Å². The summed E-state index contributed by atoms with van der Waals surface area (Å²) in [5.74, 6) is -0.785. The summed E-state index contributed by atoms with van der Waals surface area (Å²) in [6, 6.07) is 3.55. The molecule has 0 unspecified atom stereocenters. The van der Waals surface area contributed by atoms with Crippen molar-refractivity contribution < 1.29 is 22.7 Å². The molecule has 1 aromatic carbocycles. The van der Waals surface area contributed by atoms with E-state index >= 15 is 0 Å². The number of esters is 1. The van der Waals surface area contributed by atoms with Crippen LogP contribution in [0.4, 0.5) is 18.9 Å². The zero-order valence-corrected chi connectivity index (χ0v) is 11.6. The summed E-state index contributed by atoms with van der Waals surface area (Å²) in [6.45, 7) is 0.948. The van der Waals surface area contributed by atoms with Crippen LogP contribution in [0.2, 0.25) is 0 Å². The van der Waals surface area contributed by atoms with E-state index in [1.165, 1.54) is 12.1 Å². The Hall–Kier alpha value is -1.76. The van der Waals surface area contributed by atoms with Crippen LogP contribution in [0.1, 0.15) is 28.8 Å². The third kappa shape index (κ3) is 3.47. The highest BCUT2D eigenvalue weighted by Gasteiger charge is 2.36. The van der Waals surface area contributed by atoms with Crippen LogP contribution in [0.5, 0.6) is 0 Å². The van der Waals surface area contributed by atoms with Crippen molar-refractivity contribution in [2.75, 3.05) is 25.1 Å². The number of carbonyl (C=O) groups is 1. The van der Waals surface area contributed by atoms with Gasteiger partial charge in [0.1, 0.15) is 0 Å². The second kappa shape index (κ2) is 5.93. The van der Waals surface area contributed by atoms with Crippen molar-refractivity contribution in [1.29, 1.82) is 0 Å². The number of anilines is 1. The molecule has 0 saturated carbocycles. The van der Waals surface area contributed by atoms with Crippen molar-refractivity contribution in [2.24, 2.45) is 5.73 Å². The van der Waals surface area contributed by atoms with E-state index in [0.29, 0.717) is 25.9 Å². The van der Waals surface area contributed by atoms with Gasteiger partial charge >= 0.3 is 12.1 Å². The van der Waals surface area contributed by atoms with Crippen molar-refractivity contribution in [2.45, 2.75) is 25.1 Å². The average Bonchev–Trinajstić information content (AvgIpc) is 2.46. The van der Waals surface area contributed by atoms with Crippen LogP contribution in [0.25, 0.3) is 0 Å². The van der Waals surface area contributed by atoms with E-state index in [9.17, 15) is 18.0 Å². The molecule has 1 aromatic rings. The molecule has 116 valence electrons. The van der Waals surface area contributed by atoms with Crippen molar-refractivity contribution in [3.8, 4) is 0 Å². The van der Waals surface area contributed by atoms with Crippen molar-refractivity contribution >= 4 is 11.7 Å². The van der Waals surface area contributed by atoms with Crippen LogP contribution in [0.15, 0.2) is 18.2 Å². The maximum Gasteiger partial charge on any atom is 0.418 e. The first-order valence-electron chi connectivity index (χ1n) is 6.63. The molecule has 1 aliphatic heterocycles. The zero-order valence-electron chi connectivity index (χ0n) is 11.6. The minimum atomic E-state index is -4.53. The standard InChI is InChI=1S/C14H17F3N2O2/c1-21-13(20)9-2-3-12(11(8-9)14(15,16)17)19-6-4-10(18)5-7-19/h2-3,8,10H,4-7,18H2,1H3. The van der Waals surface area contributed by atoms with E-state index in [2.05, 4.69) is 4.74 Å². The summed E-state index contributed by atoms with van der Waals surface area (Å²) in [5, 5.41) is 0. The number of methoxy groups -OCH3 is 1. The quantitative estimate of drug-likeness (QED) is 0.853. The highest BCUT2D eigenvalue weighted by atomic mass is 19.4. The van der Waals surface area contributed by atoms with Crippen LogP contribution < -0.4 is 10.6 Å². The minimum Gasteiger partial charge on any atom is -0.465 e. The van der Waals surface area contributed by atoms with E-state index in [-0.39, 0.29) is 17.3 Å². The van der Waals surface area contributed by atoms with Crippen LogP contribution in [-0.2, 0) is 10.9 Å². The smallest absolute Gasteiger partial charge is 0.418 e. The lowest BCUT2D eigenvalue weighted by molar-refractivity contribution is -0.137. The van der Waals surface area contributed by atoms with Crippen LogP contribution in [-0.4, -0.2) is 32.2 Å². The number of carbonyl (C=O) groups excluding carboxylic acids is 1. The summed E-state index contributed by atoms with van der Waals surface area (Å²) in [7, 11) is 1.13. The molecule has 21 heavy (non-hydrogen) atoms. The third-order valence-corrected chi connectivity index (χ3v) is 3.60. The Morgan fingerprint density at radius 3 is 2.48 bits per heavy atom. The predicted octanol–water partition coefficient (Wildman–Crippen LogP) is 2.42. The fourth-order valence-electron chi connectivity index (χ4n) is 2.42. The Balaban J connectivity index is 2.38. The number of halogens is 3. The molecular weight excluding hydrogens is 285 g/mol. The molecule has 4 nitrogen and oxygen atoms in total. The van der Waals surface area contributed by atoms with Gasteiger partial charge in [0.25, 0.3) is 0 Å². The number of alkyl halides is 3. The summed E-state index contributed by atoms with van der Waals surface area (Å²) in [6.07, 6.45) is -3.23. The first kappa shape index (κ1) is 15.6. The van der Waals surface area contributed by atoms with Gasteiger partial charge in [0.15, 0.2) is 0 Å². The summed E-state index contributed by atoms with van der Waals surface area (Å²) >= 11 is 0. The molecule has 1 heterocycles. The first-order chi connectivity index (χ1) is 9.82. The molecule has 0 aliphatic carbocycles. The molecule has 7 heteroatoms. The maximum atomic E-state index is 13.2. The number of ether oxygens (including phenoxy) is 1. The molecule has 1 aliphatic rings.